The quantitative estimate of drug-likeness (QED) is 0.194. The summed E-state index contributed by atoms with van der Waals surface area (Å²) in [5.74, 6) is 0. The molecule has 0 unspecified atom stereocenters. The van der Waals surface area contributed by atoms with Gasteiger partial charge in [-0.3, -0.25) is 0 Å². The minimum Gasteiger partial charge on any atom is -0.192 e. The fraction of sp³-hybridized carbons (Fsp3) is 0.0682. The van der Waals surface area contributed by atoms with Crippen molar-refractivity contribution in [1.29, 1.82) is 5.26 Å². The van der Waals surface area contributed by atoms with Gasteiger partial charge in [0.05, 0.1) is 11.6 Å². The van der Waals surface area contributed by atoms with E-state index < -0.39 is 0 Å². The summed E-state index contributed by atoms with van der Waals surface area (Å²) < 4.78 is 0. The minimum atomic E-state index is -0.0655. The number of nitriles is 1. The highest BCUT2D eigenvalue weighted by molar-refractivity contribution is 6.30. The fourth-order valence-corrected chi connectivity index (χ4v) is 7.84. The Labute approximate surface area is 263 Å². The molecule has 0 N–H and O–H groups in total. The van der Waals surface area contributed by atoms with Gasteiger partial charge in [0.25, 0.3) is 0 Å². The van der Waals surface area contributed by atoms with E-state index in [1.807, 2.05) is 12.1 Å². The van der Waals surface area contributed by atoms with Gasteiger partial charge in [0, 0.05) is 5.41 Å². The lowest BCUT2D eigenvalue weighted by atomic mass is 9.80. The highest BCUT2D eigenvalue weighted by Crippen LogP contribution is 2.51. The molecule has 0 atom stereocenters. The zero-order valence-corrected chi connectivity index (χ0v) is 25.2. The van der Waals surface area contributed by atoms with Crippen LogP contribution in [0.1, 0.15) is 30.5 Å². The Hall–Kier alpha value is -5.71. The normalized spacial score (nSPS) is 13.3. The van der Waals surface area contributed by atoms with E-state index in [1.165, 1.54) is 82.4 Å². The van der Waals surface area contributed by atoms with Crippen LogP contribution in [0, 0.1) is 11.3 Å². The molecule has 0 aromatic heterocycles. The molecule has 1 heteroatoms. The molecule has 0 amide bonds. The van der Waals surface area contributed by atoms with E-state index >= 15 is 0 Å². The van der Waals surface area contributed by atoms with Crippen molar-refractivity contribution < 1.29 is 0 Å². The first-order valence-corrected chi connectivity index (χ1v) is 15.6. The number of rotatable bonds is 3. The molecular weight excluding hydrogens is 542 g/mol. The van der Waals surface area contributed by atoms with E-state index in [-0.39, 0.29) is 5.41 Å². The van der Waals surface area contributed by atoms with E-state index in [4.69, 9.17) is 0 Å². The van der Waals surface area contributed by atoms with Crippen molar-refractivity contribution in [2.24, 2.45) is 0 Å². The number of hydrogen-bond donors (Lipinski definition) is 0. The molecule has 45 heavy (non-hydrogen) atoms. The number of nitrogens with zero attached hydrogens (tertiary/aromatic N) is 1. The largest absolute Gasteiger partial charge is 0.192 e. The van der Waals surface area contributed by atoms with Gasteiger partial charge in [-0.05, 0) is 112 Å². The Morgan fingerprint density at radius 3 is 1.80 bits per heavy atom. The van der Waals surface area contributed by atoms with Gasteiger partial charge < -0.3 is 0 Å². The van der Waals surface area contributed by atoms with Gasteiger partial charge in [-0.1, -0.05) is 129 Å². The highest BCUT2D eigenvalue weighted by Gasteiger charge is 2.35. The van der Waals surface area contributed by atoms with Crippen LogP contribution in [0.2, 0.25) is 0 Å². The zero-order chi connectivity index (χ0) is 30.3. The van der Waals surface area contributed by atoms with E-state index in [0.29, 0.717) is 5.56 Å². The van der Waals surface area contributed by atoms with Gasteiger partial charge in [-0.25, -0.2) is 0 Å². The maximum absolute atomic E-state index is 9.37. The first-order chi connectivity index (χ1) is 22.0. The van der Waals surface area contributed by atoms with Crippen LogP contribution < -0.4 is 0 Å². The van der Waals surface area contributed by atoms with E-state index in [9.17, 15) is 5.26 Å². The predicted octanol–water partition coefficient (Wildman–Crippen LogP) is 11.8. The molecule has 0 spiro atoms. The molecule has 0 heterocycles. The van der Waals surface area contributed by atoms with Crippen LogP contribution in [0.5, 0.6) is 0 Å². The summed E-state index contributed by atoms with van der Waals surface area (Å²) >= 11 is 0. The third-order valence-electron chi connectivity index (χ3n) is 10.1. The maximum atomic E-state index is 9.37. The second-order valence-corrected chi connectivity index (χ2v) is 12.8. The summed E-state index contributed by atoms with van der Waals surface area (Å²) in [6, 6.07) is 53.0. The molecule has 0 aliphatic heterocycles. The summed E-state index contributed by atoms with van der Waals surface area (Å²) in [6.07, 6.45) is 0. The van der Waals surface area contributed by atoms with Crippen molar-refractivity contribution in [2.45, 2.75) is 19.3 Å². The standard InChI is InChI=1S/C44H29N/c1-44(2)40-11-7-6-10-33(40)34-20-18-31(24-41(34)44)39-25-38(28-8-4-3-5-9-28)36-21-17-30-16-19-32(29-14-12-27(26-45)13-15-29)35-22-23-37(39)43(36)42(30)35/h3-25H,1-2H3. The van der Waals surface area contributed by atoms with Crippen LogP contribution in [0.25, 0.3) is 76.8 Å². The molecule has 210 valence electrons. The lowest BCUT2D eigenvalue weighted by molar-refractivity contribution is 0.660. The first kappa shape index (κ1) is 25.8. The van der Waals surface area contributed by atoms with Crippen LogP contribution in [0.15, 0.2) is 140 Å². The minimum absolute atomic E-state index is 0.0655. The van der Waals surface area contributed by atoms with Gasteiger partial charge in [-0.2, -0.15) is 5.26 Å². The van der Waals surface area contributed by atoms with Crippen LogP contribution in [0.3, 0.4) is 0 Å². The Morgan fingerprint density at radius 2 is 1.02 bits per heavy atom. The highest BCUT2D eigenvalue weighted by atomic mass is 14.4. The SMILES string of the molecule is CC1(C)c2ccccc2-c2ccc(-c3cc(-c4ccccc4)c4ccc5ccc(-c6ccc(C#N)cc6)c6ccc3c4c56)cc21. The number of fused-ring (bicyclic) bond motifs is 3. The molecule has 1 aliphatic carbocycles. The van der Waals surface area contributed by atoms with Gasteiger partial charge in [0.15, 0.2) is 0 Å². The summed E-state index contributed by atoms with van der Waals surface area (Å²) in [5.41, 5.74) is 13.4. The molecule has 0 bridgehead atoms. The fourth-order valence-electron chi connectivity index (χ4n) is 7.84. The monoisotopic (exact) mass is 571 g/mol. The van der Waals surface area contributed by atoms with Crippen molar-refractivity contribution in [3.63, 3.8) is 0 Å². The van der Waals surface area contributed by atoms with Gasteiger partial charge in [-0.15, -0.1) is 0 Å². The molecule has 0 fully saturated rings. The molecule has 8 aromatic rings. The molecular formula is C44H29N. The van der Waals surface area contributed by atoms with Crippen LogP contribution in [-0.2, 0) is 5.41 Å². The van der Waals surface area contributed by atoms with E-state index in [1.54, 1.807) is 0 Å². The third-order valence-corrected chi connectivity index (χ3v) is 10.1. The van der Waals surface area contributed by atoms with Gasteiger partial charge in [0.1, 0.15) is 0 Å². The second kappa shape index (κ2) is 9.39. The summed E-state index contributed by atoms with van der Waals surface area (Å²) in [7, 11) is 0. The maximum Gasteiger partial charge on any atom is 0.0991 e. The molecule has 0 saturated carbocycles. The lowest BCUT2D eigenvalue weighted by Crippen LogP contribution is -2.14. The van der Waals surface area contributed by atoms with Crippen molar-refractivity contribution in [2.75, 3.05) is 0 Å². The molecule has 1 aliphatic rings. The summed E-state index contributed by atoms with van der Waals surface area (Å²) in [4.78, 5) is 0. The number of benzene rings is 8. The Kier molecular flexibility index (Phi) is 5.38. The van der Waals surface area contributed by atoms with Gasteiger partial charge >= 0.3 is 0 Å². The Balaban J connectivity index is 1.36. The average Bonchev–Trinajstić information content (AvgIpc) is 3.33. The summed E-state index contributed by atoms with van der Waals surface area (Å²) in [6.45, 7) is 4.71. The van der Waals surface area contributed by atoms with Gasteiger partial charge in [0.2, 0.25) is 0 Å². The van der Waals surface area contributed by atoms with Crippen molar-refractivity contribution in [1.82, 2.24) is 0 Å². The number of hydrogen-bond acceptors (Lipinski definition) is 1. The second-order valence-electron chi connectivity index (χ2n) is 12.8. The molecule has 0 radical (unpaired) electrons. The van der Waals surface area contributed by atoms with Crippen molar-refractivity contribution >= 4 is 32.3 Å². The molecule has 8 aromatic carbocycles. The smallest absolute Gasteiger partial charge is 0.0991 e. The van der Waals surface area contributed by atoms with Crippen molar-refractivity contribution in [3.05, 3.63) is 156 Å². The van der Waals surface area contributed by atoms with Crippen molar-refractivity contribution in [3.8, 4) is 50.6 Å². The zero-order valence-electron chi connectivity index (χ0n) is 25.2. The topological polar surface area (TPSA) is 23.8 Å². The van der Waals surface area contributed by atoms with E-state index in [2.05, 4.69) is 147 Å². The lowest BCUT2D eigenvalue weighted by Gasteiger charge is -2.23. The molecule has 0 saturated heterocycles. The Morgan fingerprint density at radius 1 is 0.444 bits per heavy atom. The van der Waals surface area contributed by atoms with Crippen LogP contribution in [-0.4, -0.2) is 0 Å². The first-order valence-electron chi connectivity index (χ1n) is 15.6. The average molecular weight is 572 g/mol. The van der Waals surface area contributed by atoms with E-state index in [0.717, 1.165) is 5.56 Å². The summed E-state index contributed by atoms with van der Waals surface area (Å²) in [5, 5.41) is 17.0. The van der Waals surface area contributed by atoms with Crippen LogP contribution in [0.4, 0.5) is 0 Å². The molecule has 9 rings (SSSR count). The predicted molar refractivity (Wildman–Crippen MR) is 189 cm³/mol. The van der Waals surface area contributed by atoms with Crippen LogP contribution >= 0.6 is 0 Å². The third kappa shape index (κ3) is 3.67. The Bertz CT molecular complexity index is 2490. The molecule has 1 nitrogen and oxygen atoms in total.